The average Bonchev–Trinajstić information content (AvgIpc) is 4.02. The van der Waals surface area contributed by atoms with Crippen LogP contribution < -0.4 is 4.90 Å². The molecule has 0 amide bonds. The standard InChI is InChI=1S/C54H38N4/c1-36-22-35-53-54(36)47-16-6-11-21-52(47)58(53)42-33-27-39(28-34-42)55(37-23-29-40(30-24-37)56-48-17-7-2-12-43(48)44-13-3-8-18-49(44)56)38-25-31-41(32-26-38)57-50-19-9-4-14-45(50)46-15-5-10-20-51(46)57/h2-36H,1H3. The van der Waals surface area contributed by atoms with Crippen molar-refractivity contribution in [1.82, 2.24) is 13.7 Å². The number of nitrogens with zero attached hydrogens (tertiary/aromatic N) is 4. The molecule has 0 saturated heterocycles. The summed E-state index contributed by atoms with van der Waals surface area (Å²) in [5, 5.41) is 6.38. The molecule has 0 N–H and O–H groups in total. The van der Waals surface area contributed by atoms with Crippen molar-refractivity contribution in [3.63, 3.8) is 0 Å². The van der Waals surface area contributed by atoms with Crippen molar-refractivity contribution in [2.24, 2.45) is 0 Å². The van der Waals surface area contributed by atoms with Crippen molar-refractivity contribution in [1.29, 1.82) is 0 Å². The van der Waals surface area contributed by atoms with Crippen LogP contribution >= 0.6 is 0 Å². The Balaban J connectivity index is 0.991. The first-order valence-corrected chi connectivity index (χ1v) is 20.1. The normalized spacial score (nSPS) is 13.7. The van der Waals surface area contributed by atoms with E-state index in [1.807, 2.05) is 0 Å². The lowest BCUT2D eigenvalue weighted by molar-refractivity contribution is 0.990. The van der Waals surface area contributed by atoms with E-state index < -0.39 is 0 Å². The number of aromatic nitrogens is 3. The van der Waals surface area contributed by atoms with Gasteiger partial charge in [-0.15, -0.1) is 0 Å². The summed E-state index contributed by atoms with van der Waals surface area (Å²) in [4.78, 5) is 2.37. The highest BCUT2D eigenvalue weighted by atomic mass is 15.1. The van der Waals surface area contributed by atoms with Crippen molar-refractivity contribution in [2.45, 2.75) is 12.8 Å². The highest BCUT2D eigenvalue weighted by Gasteiger charge is 2.24. The third kappa shape index (κ3) is 4.82. The molecular formula is C54H38N4. The lowest BCUT2D eigenvalue weighted by atomic mass is 10.0. The minimum Gasteiger partial charge on any atom is -0.310 e. The molecule has 0 aliphatic heterocycles. The fourth-order valence-corrected chi connectivity index (χ4v) is 9.64. The zero-order chi connectivity index (χ0) is 38.3. The van der Waals surface area contributed by atoms with Crippen LogP contribution in [-0.2, 0) is 0 Å². The van der Waals surface area contributed by atoms with E-state index in [-0.39, 0.29) is 0 Å². The minimum absolute atomic E-state index is 0.395. The molecule has 1 atom stereocenters. The fraction of sp³-hybridized carbons (Fsp3) is 0.0370. The van der Waals surface area contributed by atoms with Crippen molar-refractivity contribution < 1.29 is 0 Å². The molecule has 1 aliphatic carbocycles. The molecule has 58 heavy (non-hydrogen) atoms. The molecule has 0 spiro atoms. The van der Waals surface area contributed by atoms with Gasteiger partial charge in [-0.05, 0) is 115 Å². The van der Waals surface area contributed by atoms with Crippen LogP contribution in [0, 0.1) is 0 Å². The van der Waals surface area contributed by atoms with Crippen molar-refractivity contribution in [2.75, 3.05) is 4.90 Å². The Hall–Kier alpha value is -7.56. The lowest BCUT2D eigenvalue weighted by Gasteiger charge is -2.26. The minimum atomic E-state index is 0.395. The smallest absolute Gasteiger partial charge is 0.0541 e. The van der Waals surface area contributed by atoms with Gasteiger partial charge in [-0.25, -0.2) is 0 Å². The quantitative estimate of drug-likeness (QED) is 0.166. The number of benzene rings is 8. The van der Waals surface area contributed by atoms with E-state index in [1.165, 1.54) is 65.8 Å². The molecule has 4 heteroatoms. The Bertz CT molecular complexity index is 3130. The molecule has 3 heterocycles. The van der Waals surface area contributed by atoms with E-state index >= 15 is 0 Å². The predicted molar refractivity (Wildman–Crippen MR) is 244 cm³/mol. The Morgan fingerprint density at radius 2 is 0.655 bits per heavy atom. The molecule has 3 aromatic heterocycles. The highest BCUT2D eigenvalue weighted by Crippen LogP contribution is 2.42. The van der Waals surface area contributed by atoms with Gasteiger partial charge >= 0.3 is 0 Å². The number of allylic oxidation sites excluding steroid dienone is 1. The van der Waals surface area contributed by atoms with E-state index in [2.05, 4.69) is 232 Å². The summed E-state index contributed by atoms with van der Waals surface area (Å²) in [6, 6.07) is 70.7. The molecular weight excluding hydrogens is 705 g/mol. The Kier molecular flexibility index (Phi) is 7.17. The summed E-state index contributed by atoms with van der Waals surface area (Å²) in [7, 11) is 0. The molecule has 0 fully saturated rings. The predicted octanol–water partition coefficient (Wildman–Crippen LogP) is 14.4. The van der Waals surface area contributed by atoms with Crippen molar-refractivity contribution in [3.05, 3.63) is 211 Å². The SMILES string of the molecule is CC1C=Cc2c1c1ccccc1n2-c1ccc(N(c2ccc(-n3c4ccccc4c4ccccc43)cc2)c2ccc(-n3c4ccccc4c4ccccc43)cc2)cc1. The van der Waals surface area contributed by atoms with E-state index in [1.54, 1.807) is 0 Å². The number of rotatable bonds is 6. The molecule has 0 radical (unpaired) electrons. The molecule has 0 bridgehead atoms. The number of fused-ring (bicyclic) bond motifs is 9. The maximum absolute atomic E-state index is 2.42. The molecule has 1 aliphatic rings. The van der Waals surface area contributed by atoms with E-state index in [0.717, 1.165) is 34.1 Å². The van der Waals surface area contributed by atoms with Crippen LogP contribution in [0.5, 0.6) is 0 Å². The van der Waals surface area contributed by atoms with Gasteiger partial charge in [0.2, 0.25) is 0 Å². The topological polar surface area (TPSA) is 18.0 Å². The maximum atomic E-state index is 2.42. The van der Waals surface area contributed by atoms with E-state index in [9.17, 15) is 0 Å². The first-order chi connectivity index (χ1) is 28.7. The molecule has 11 aromatic rings. The van der Waals surface area contributed by atoms with Crippen LogP contribution in [0.2, 0.25) is 0 Å². The highest BCUT2D eigenvalue weighted by molar-refractivity contribution is 6.10. The largest absolute Gasteiger partial charge is 0.310 e. The average molecular weight is 743 g/mol. The summed E-state index contributed by atoms with van der Waals surface area (Å²) in [5.74, 6) is 0.395. The van der Waals surface area contributed by atoms with Crippen LogP contribution in [0.4, 0.5) is 17.1 Å². The third-order valence-corrected chi connectivity index (χ3v) is 12.2. The number of para-hydroxylation sites is 5. The van der Waals surface area contributed by atoms with Gasteiger partial charge in [0.05, 0.1) is 33.3 Å². The van der Waals surface area contributed by atoms with Gasteiger partial charge < -0.3 is 18.6 Å². The monoisotopic (exact) mass is 742 g/mol. The van der Waals surface area contributed by atoms with Crippen LogP contribution in [0.15, 0.2) is 200 Å². The number of hydrogen-bond acceptors (Lipinski definition) is 1. The fourth-order valence-electron chi connectivity index (χ4n) is 9.64. The summed E-state index contributed by atoms with van der Waals surface area (Å²) in [6.07, 6.45) is 4.60. The first kappa shape index (κ1) is 32.7. The van der Waals surface area contributed by atoms with Gasteiger partial charge in [0.25, 0.3) is 0 Å². The zero-order valence-corrected chi connectivity index (χ0v) is 32.0. The molecule has 0 saturated carbocycles. The Morgan fingerprint density at radius 1 is 0.345 bits per heavy atom. The van der Waals surface area contributed by atoms with Crippen molar-refractivity contribution in [3.8, 4) is 17.1 Å². The van der Waals surface area contributed by atoms with Gasteiger partial charge in [0.15, 0.2) is 0 Å². The second kappa shape index (κ2) is 12.7. The van der Waals surface area contributed by atoms with Gasteiger partial charge in [-0.3, -0.25) is 0 Å². The maximum Gasteiger partial charge on any atom is 0.0541 e. The van der Waals surface area contributed by atoms with Gasteiger partial charge in [0, 0.05) is 67.0 Å². The summed E-state index contributed by atoms with van der Waals surface area (Å²) < 4.78 is 7.17. The molecule has 8 aromatic carbocycles. The zero-order valence-electron chi connectivity index (χ0n) is 32.0. The third-order valence-electron chi connectivity index (χ3n) is 12.2. The van der Waals surface area contributed by atoms with Gasteiger partial charge in [-0.1, -0.05) is 104 Å². The van der Waals surface area contributed by atoms with Gasteiger partial charge in [0.1, 0.15) is 0 Å². The van der Waals surface area contributed by atoms with Crippen molar-refractivity contribution >= 4 is 77.7 Å². The summed E-state index contributed by atoms with van der Waals surface area (Å²) in [6.45, 7) is 2.29. The number of anilines is 3. The summed E-state index contributed by atoms with van der Waals surface area (Å²) in [5.41, 5.74) is 15.5. The molecule has 274 valence electrons. The van der Waals surface area contributed by atoms with E-state index in [4.69, 9.17) is 0 Å². The molecule has 4 nitrogen and oxygen atoms in total. The van der Waals surface area contributed by atoms with Crippen LogP contribution in [0.25, 0.3) is 77.7 Å². The van der Waals surface area contributed by atoms with Crippen LogP contribution in [0.1, 0.15) is 24.1 Å². The van der Waals surface area contributed by atoms with Crippen LogP contribution in [-0.4, -0.2) is 13.7 Å². The Morgan fingerprint density at radius 3 is 1.03 bits per heavy atom. The number of hydrogen-bond donors (Lipinski definition) is 0. The second-order valence-corrected chi connectivity index (χ2v) is 15.4. The lowest BCUT2D eigenvalue weighted by Crippen LogP contribution is -2.10. The molecule has 12 rings (SSSR count). The van der Waals surface area contributed by atoms with Gasteiger partial charge in [-0.2, -0.15) is 0 Å². The first-order valence-electron chi connectivity index (χ1n) is 20.1. The summed E-state index contributed by atoms with van der Waals surface area (Å²) >= 11 is 0. The van der Waals surface area contributed by atoms with Crippen LogP contribution in [0.3, 0.4) is 0 Å². The van der Waals surface area contributed by atoms with E-state index in [0.29, 0.717) is 5.92 Å². The Labute approximate surface area is 336 Å². The molecule has 1 unspecified atom stereocenters. The second-order valence-electron chi connectivity index (χ2n) is 15.4.